The molecule has 3 rings (SSSR count). The first kappa shape index (κ1) is 16.5. The average Bonchev–Trinajstić information content (AvgIpc) is 2.94. The number of nitrogens with zero attached hydrogens (tertiary/aromatic N) is 3. The molecule has 0 unspecified atom stereocenters. The predicted molar refractivity (Wildman–Crippen MR) is 94.7 cm³/mol. The molecule has 0 saturated heterocycles. The van der Waals surface area contributed by atoms with E-state index in [1.807, 2.05) is 18.3 Å². The minimum atomic E-state index is -0.403. The number of hydrogen-bond donors (Lipinski definition) is 2. The van der Waals surface area contributed by atoms with E-state index < -0.39 is 5.97 Å². The number of rotatable bonds is 4. The van der Waals surface area contributed by atoms with Crippen molar-refractivity contribution in [3.8, 4) is 11.4 Å². The zero-order valence-electron chi connectivity index (χ0n) is 13.8. The number of aromatic amines is 1. The summed E-state index contributed by atoms with van der Waals surface area (Å²) in [5.74, 6) is -0.381. The zero-order valence-corrected chi connectivity index (χ0v) is 13.8. The van der Waals surface area contributed by atoms with E-state index in [-0.39, 0.29) is 11.5 Å². The van der Waals surface area contributed by atoms with Crippen molar-refractivity contribution in [1.82, 2.24) is 19.7 Å². The molecule has 3 aromatic rings. The highest BCUT2D eigenvalue weighted by Crippen LogP contribution is 2.23. The van der Waals surface area contributed by atoms with Crippen molar-refractivity contribution in [2.75, 3.05) is 5.73 Å². The molecule has 0 aliphatic heterocycles. The van der Waals surface area contributed by atoms with Gasteiger partial charge in [-0.3, -0.25) is 14.5 Å². The summed E-state index contributed by atoms with van der Waals surface area (Å²) in [6, 6.07) is 8.53. The number of nitrogens with two attached hydrogens (primary N) is 1. The molecule has 2 heterocycles. The van der Waals surface area contributed by atoms with Gasteiger partial charge in [0.2, 0.25) is 5.95 Å². The van der Waals surface area contributed by atoms with E-state index in [0.717, 1.165) is 11.1 Å². The molecule has 9 heteroatoms. The lowest BCUT2D eigenvalue weighted by atomic mass is 9.99. The maximum atomic E-state index is 12.0. The fourth-order valence-corrected chi connectivity index (χ4v) is 2.67. The average molecular weight is 337 g/mol. The second kappa shape index (κ2) is 6.64. The molecule has 8 nitrogen and oxygen atoms in total. The van der Waals surface area contributed by atoms with Crippen LogP contribution in [0.15, 0.2) is 41.3 Å². The van der Waals surface area contributed by atoms with Crippen molar-refractivity contribution in [1.29, 1.82) is 0 Å². The van der Waals surface area contributed by atoms with Crippen LogP contribution in [0.2, 0.25) is 0 Å². The molecule has 0 aliphatic carbocycles. The summed E-state index contributed by atoms with van der Waals surface area (Å²) in [6.07, 6.45) is 2.26. The van der Waals surface area contributed by atoms with Crippen LogP contribution in [-0.4, -0.2) is 33.8 Å². The lowest BCUT2D eigenvalue weighted by Crippen LogP contribution is -2.11. The van der Waals surface area contributed by atoms with Crippen molar-refractivity contribution in [3.63, 3.8) is 0 Å². The van der Waals surface area contributed by atoms with Crippen LogP contribution in [0, 0.1) is 0 Å². The Morgan fingerprint density at radius 2 is 2.12 bits per heavy atom. The Labute approximate surface area is 144 Å². The lowest BCUT2D eigenvalue weighted by Gasteiger charge is -2.08. The number of H-pyrrole nitrogens is 1. The number of nitrogen functional groups attached to an aromatic ring is 1. The maximum absolute atomic E-state index is 12.0. The van der Waals surface area contributed by atoms with Gasteiger partial charge in [0.15, 0.2) is 0 Å². The first-order valence-corrected chi connectivity index (χ1v) is 7.54. The Balaban J connectivity index is 2.06. The molecule has 126 valence electrons. The van der Waals surface area contributed by atoms with Crippen LogP contribution in [0.5, 0.6) is 0 Å². The van der Waals surface area contributed by atoms with Crippen LogP contribution < -0.4 is 11.3 Å². The number of nitrogens with one attached hydrogen (secondary N) is 1. The molecule has 0 saturated carbocycles. The quantitative estimate of drug-likeness (QED) is 0.650. The molecule has 0 spiro atoms. The standard InChI is InChI=1S/C16H16BN5O3/c1-22-8-10(6-9-4-2-3-5-11(9)15(24)25-17)14(21-22)12-7-13(23)20-16(18)19-12/h2-5,7-8H,6,17H2,1H3,(H3,18,19,20,23). The molecule has 0 atom stereocenters. The summed E-state index contributed by atoms with van der Waals surface area (Å²) < 4.78 is 6.46. The first-order chi connectivity index (χ1) is 12.0. The van der Waals surface area contributed by atoms with Gasteiger partial charge in [-0.05, 0) is 11.6 Å². The molecule has 0 aliphatic rings. The van der Waals surface area contributed by atoms with Crippen LogP contribution in [0.4, 0.5) is 5.95 Å². The van der Waals surface area contributed by atoms with Crippen LogP contribution in [-0.2, 0) is 18.1 Å². The molecule has 3 N–H and O–H groups in total. The van der Waals surface area contributed by atoms with Crippen LogP contribution in [0.3, 0.4) is 0 Å². The Bertz CT molecular complexity index is 995. The van der Waals surface area contributed by atoms with Gasteiger partial charge in [0.1, 0.15) is 11.4 Å². The minimum absolute atomic E-state index is 0.0223. The van der Waals surface area contributed by atoms with Crippen LogP contribution in [0.25, 0.3) is 11.4 Å². The molecule has 25 heavy (non-hydrogen) atoms. The third kappa shape index (κ3) is 3.44. The van der Waals surface area contributed by atoms with E-state index in [4.69, 9.17) is 10.4 Å². The normalized spacial score (nSPS) is 10.6. The van der Waals surface area contributed by atoms with Gasteiger partial charge < -0.3 is 10.4 Å². The Kier molecular flexibility index (Phi) is 4.38. The number of aromatic nitrogens is 4. The molecule has 2 aromatic heterocycles. The topological polar surface area (TPSA) is 116 Å². The smallest absolute Gasteiger partial charge is 0.326 e. The van der Waals surface area contributed by atoms with Crippen molar-refractivity contribution in [2.24, 2.45) is 7.05 Å². The lowest BCUT2D eigenvalue weighted by molar-refractivity contribution is 0.0748. The third-order valence-electron chi connectivity index (χ3n) is 3.71. The van der Waals surface area contributed by atoms with Gasteiger partial charge >= 0.3 is 14.0 Å². The molecular weight excluding hydrogens is 321 g/mol. The number of carbonyl (C=O) groups excluding carboxylic acids is 1. The number of aryl methyl sites for hydroxylation is 1. The minimum Gasteiger partial charge on any atom is -0.540 e. The van der Waals surface area contributed by atoms with Gasteiger partial charge in [-0.1, -0.05) is 18.2 Å². The van der Waals surface area contributed by atoms with Gasteiger partial charge in [0, 0.05) is 31.3 Å². The molecule has 0 bridgehead atoms. The summed E-state index contributed by atoms with van der Waals surface area (Å²) in [4.78, 5) is 30.2. The summed E-state index contributed by atoms with van der Waals surface area (Å²) in [6.45, 7) is 0. The Hall–Kier alpha value is -3.36. The predicted octanol–water partition coefficient (Wildman–Crippen LogP) is 0.0483. The highest BCUT2D eigenvalue weighted by atomic mass is 16.5. The zero-order chi connectivity index (χ0) is 18.0. The van der Waals surface area contributed by atoms with E-state index in [0.29, 0.717) is 23.4 Å². The molecule has 0 fully saturated rings. The number of hydrogen-bond acceptors (Lipinski definition) is 6. The van der Waals surface area contributed by atoms with E-state index in [9.17, 15) is 9.59 Å². The maximum Gasteiger partial charge on any atom is 0.326 e. The van der Waals surface area contributed by atoms with Crippen LogP contribution in [0.1, 0.15) is 21.5 Å². The second-order valence-corrected chi connectivity index (χ2v) is 5.52. The van der Waals surface area contributed by atoms with Gasteiger partial charge in [-0.2, -0.15) is 5.10 Å². The molecule has 1 aromatic carbocycles. The first-order valence-electron chi connectivity index (χ1n) is 7.54. The molecule has 0 amide bonds. The summed E-state index contributed by atoms with van der Waals surface area (Å²) >= 11 is 0. The van der Waals surface area contributed by atoms with Gasteiger partial charge in [-0.25, -0.2) is 9.78 Å². The van der Waals surface area contributed by atoms with Crippen LogP contribution >= 0.6 is 0 Å². The molecule has 0 radical (unpaired) electrons. The Morgan fingerprint density at radius 3 is 2.84 bits per heavy atom. The Morgan fingerprint density at radius 1 is 1.36 bits per heavy atom. The summed E-state index contributed by atoms with van der Waals surface area (Å²) in [7, 11) is 3.12. The van der Waals surface area contributed by atoms with E-state index in [1.165, 1.54) is 14.1 Å². The monoisotopic (exact) mass is 337 g/mol. The SMILES string of the molecule is BOC(=O)c1ccccc1Cc1cn(C)nc1-c1cc(=O)[nH]c(N)n1. The third-order valence-corrected chi connectivity index (χ3v) is 3.71. The van der Waals surface area contributed by atoms with Crippen molar-refractivity contribution >= 4 is 20.0 Å². The van der Waals surface area contributed by atoms with Crippen molar-refractivity contribution in [3.05, 3.63) is 63.6 Å². The van der Waals surface area contributed by atoms with Crippen molar-refractivity contribution < 1.29 is 9.45 Å². The highest BCUT2D eigenvalue weighted by molar-refractivity contribution is 6.09. The fourth-order valence-electron chi connectivity index (χ4n) is 2.67. The van der Waals surface area contributed by atoms with E-state index in [1.54, 1.807) is 23.9 Å². The van der Waals surface area contributed by atoms with Crippen molar-refractivity contribution in [2.45, 2.75) is 6.42 Å². The van der Waals surface area contributed by atoms with Gasteiger partial charge in [0.25, 0.3) is 5.56 Å². The number of anilines is 1. The summed E-state index contributed by atoms with van der Waals surface area (Å²) in [5, 5.41) is 4.38. The summed E-state index contributed by atoms with van der Waals surface area (Å²) in [5.41, 5.74) is 8.29. The van der Waals surface area contributed by atoms with E-state index >= 15 is 0 Å². The number of carbonyl (C=O) groups is 1. The van der Waals surface area contributed by atoms with E-state index in [2.05, 4.69) is 15.1 Å². The fraction of sp³-hybridized carbons (Fsp3) is 0.125. The highest BCUT2D eigenvalue weighted by Gasteiger charge is 2.17. The van der Waals surface area contributed by atoms with Gasteiger partial charge in [-0.15, -0.1) is 0 Å². The van der Waals surface area contributed by atoms with Gasteiger partial charge in [0.05, 0.1) is 5.56 Å². The number of benzene rings is 1. The second-order valence-electron chi connectivity index (χ2n) is 5.52. The molecular formula is C16H16BN5O3. The largest absolute Gasteiger partial charge is 0.540 e.